The number of carboxylic acid groups (broad SMARTS) is 1. The van der Waals surface area contributed by atoms with Crippen molar-refractivity contribution < 1.29 is 73.8 Å². The Morgan fingerprint density at radius 2 is 1.87 bits per heavy atom. The molecule has 0 saturated carbocycles. The van der Waals surface area contributed by atoms with Gasteiger partial charge in [-0.15, -0.1) is 10.2 Å². The largest absolute Gasteiger partial charge is 1.00 e. The van der Waals surface area contributed by atoms with Crippen LogP contribution in [0.2, 0.25) is 0 Å². The van der Waals surface area contributed by atoms with E-state index in [1.807, 2.05) is 6.20 Å². The van der Waals surface area contributed by atoms with Crippen molar-refractivity contribution in [3.8, 4) is 11.3 Å². The van der Waals surface area contributed by atoms with E-state index in [1.165, 1.54) is 17.8 Å². The molecule has 0 fully saturated rings. The van der Waals surface area contributed by atoms with Gasteiger partial charge in [-0.3, -0.25) is 14.3 Å². The fourth-order valence-electron chi connectivity index (χ4n) is 5.05. The molecule has 5 atom stereocenters. The fourth-order valence-corrected chi connectivity index (χ4v) is 5.05. The molecule has 47 heavy (non-hydrogen) atoms. The fraction of sp³-hybridized carbons (Fsp3) is 0.483. The first kappa shape index (κ1) is 37.7. The number of aliphatic hydroxyl groups excluding tert-OH is 3. The summed E-state index contributed by atoms with van der Waals surface area (Å²) in [5.41, 5.74) is 2.07. The Hall–Kier alpha value is -3.71. The number of para-hydroxylation sites is 1. The van der Waals surface area contributed by atoms with Crippen molar-refractivity contribution in [3.63, 3.8) is 0 Å². The van der Waals surface area contributed by atoms with Crippen LogP contribution in [-0.4, -0.2) is 101 Å². The van der Waals surface area contributed by atoms with Crippen molar-refractivity contribution in [2.45, 2.75) is 76.2 Å². The monoisotopic (exact) mass is 664 g/mol. The number of ether oxygens (including phenoxy) is 2. The van der Waals surface area contributed by atoms with E-state index in [2.05, 4.69) is 31.3 Å². The van der Waals surface area contributed by atoms with Gasteiger partial charge in [-0.25, -0.2) is 4.68 Å². The predicted molar refractivity (Wildman–Crippen MR) is 157 cm³/mol. The molecule has 248 valence electrons. The molecule has 3 aromatic rings. The summed E-state index contributed by atoms with van der Waals surface area (Å²) in [4.78, 5) is 36.6. The standard InChI is InChI=1S/C29H38N8O9.Na/c1-17(39)30-26-22(12-24(29(43)44)46-28(26)27(42)23(40)15-38)37-14-21(33-35-37)19-8-5-6-9-20(19)31-25(41)10-4-3-7-11-36-13-18(16-45-2)32-34-36;/h5-6,8-9,12-14,22-23,26-28,38,40,42H,3-4,7,10-11,15-16H2,1-2H3,(H,30,39)(H,31,41)(H,43,44);/q;+1/p-1/t22-,23+,26+,27+,28+;/m0./s1. The van der Waals surface area contributed by atoms with Crippen molar-refractivity contribution in [2.24, 2.45) is 0 Å². The first-order chi connectivity index (χ1) is 22.1. The van der Waals surface area contributed by atoms with E-state index in [9.17, 15) is 34.8 Å². The SMILES string of the molecule is COCc1cn(CCCCCC(=O)Nc2ccccc2-c2cn([C@H]3C=C(C(=O)[O-])O[C@@H]([C@H](O)[C@H](O)CO)[C@@H]3NC(C)=O)nn2)nn1.[Na+]. The maximum absolute atomic E-state index is 12.8. The summed E-state index contributed by atoms with van der Waals surface area (Å²) in [6, 6.07) is 4.72. The topological polar surface area (TPSA) is 239 Å². The minimum absolute atomic E-state index is 0. The first-order valence-corrected chi connectivity index (χ1v) is 14.6. The number of hydrogen-bond donors (Lipinski definition) is 5. The molecule has 3 heterocycles. The molecule has 0 aliphatic carbocycles. The molecule has 1 aromatic carbocycles. The minimum atomic E-state index is -1.79. The molecule has 0 unspecified atom stereocenters. The molecular formula is C29H37N8NaO9. The van der Waals surface area contributed by atoms with Crippen LogP contribution >= 0.6 is 0 Å². The third-order valence-corrected chi connectivity index (χ3v) is 7.26. The summed E-state index contributed by atoms with van der Waals surface area (Å²) >= 11 is 0. The molecule has 0 spiro atoms. The number of methoxy groups -OCH3 is 1. The van der Waals surface area contributed by atoms with Crippen LogP contribution in [0, 0.1) is 0 Å². The average Bonchev–Trinajstić information content (AvgIpc) is 3.70. The predicted octanol–water partition coefficient (Wildman–Crippen LogP) is -4.32. The number of carbonyl (C=O) groups is 3. The average molecular weight is 665 g/mol. The minimum Gasteiger partial charge on any atom is -0.542 e. The zero-order valence-corrected chi connectivity index (χ0v) is 28.4. The first-order valence-electron chi connectivity index (χ1n) is 14.6. The number of aliphatic carboxylic acids is 1. The number of rotatable bonds is 16. The number of carboxylic acids is 1. The van der Waals surface area contributed by atoms with Crippen molar-refractivity contribution in [3.05, 3.63) is 54.2 Å². The van der Waals surface area contributed by atoms with E-state index in [0.717, 1.165) is 24.6 Å². The number of nitrogens with zero attached hydrogens (tertiary/aromatic N) is 6. The van der Waals surface area contributed by atoms with Crippen LogP contribution in [0.5, 0.6) is 0 Å². The van der Waals surface area contributed by atoms with Crippen molar-refractivity contribution >= 4 is 23.5 Å². The van der Waals surface area contributed by atoms with Gasteiger partial charge < -0.3 is 45.3 Å². The molecule has 4 rings (SSSR count). The van der Waals surface area contributed by atoms with Gasteiger partial charge in [0.15, 0.2) is 0 Å². The molecule has 17 nitrogen and oxygen atoms in total. The Kier molecular flexibility index (Phi) is 14.5. The zero-order chi connectivity index (χ0) is 33.2. The number of aliphatic hydroxyl groups is 3. The summed E-state index contributed by atoms with van der Waals surface area (Å²) in [5, 5.41) is 63.7. The van der Waals surface area contributed by atoms with Crippen molar-refractivity contribution in [2.75, 3.05) is 19.0 Å². The number of nitrogens with one attached hydrogen (secondary N) is 2. The zero-order valence-electron chi connectivity index (χ0n) is 26.4. The summed E-state index contributed by atoms with van der Waals surface area (Å²) in [5.74, 6) is -3.10. The number of anilines is 1. The smallest absolute Gasteiger partial charge is 0.542 e. The van der Waals surface area contributed by atoms with Crippen molar-refractivity contribution in [1.82, 2.24) is 35.3 Å². The third kappa shape index (κ3) is 10.1. The van der Waals surface area contributed by atoms with E-state index < -0.39 is 54.6 Å². The number of benzene rings is 1. The van der Waals surface area contributed by atoms with E-state index in [-0.39, 0.29) is 41.9 Å². The number of carbonyl (C=O) groups excluding carboxylic acids is 3. The van der Waals surface area contributed by atoms with Gasteiger partial charge in [0, 0.05) is 32.6 Å². The maximum atomic E-state index is 12.8. The van der Waals surface area contributed by atoms with Crippen LogP contribution in [0.1, 0.15) is 44.3 Å². The molecule has 0 bridgehead atoms. The third-order valence-electron chi connectivity index (χ3n) is 7.26. The normalized spacial score (nSPS) is 18.7. The molecule has 0 saturated heterocycles. The second kappa shape index (κ2) is 18.0. The number of aryl methyl sites for hydroxylation is 1. The van der Waals surface area contributed by atoms with Gasteiger partial charge in [0.2, 0.25) is 11.8 Å². The van der Waals surface area contributed by atoms with Gasteiger partial charge >= 0.3 is 29.6 Å². The number of aromatic nitrogens is 6. The quantitative estimate of drug-likeness (QED) is 0.0720. The van der Waals surface area contributed by atoms with Crippen LogP contribution in [0.15, 0.2) is 48.5 Å². The van der Waals surface area contributed by atoms with Gasteiger partial charge in [-0.2, -0.15) is 0 Å². The molecule has 0 radical (unpaired) electrons. The molecule has 5 N–H and O–H groups in total. The maximum Gasteiger partial charge on any atom is 1.00 e. The summed E-state index contributed by atoms with van der Waals surface area (Å²) in [6.45, 7) is 1.43. The summed E-state index contributed by atoms with van der Waals surface area (Å²) in [6.07, 6.45) is 2.01. The number of hydrogen-bond acceptors (Lipinski definition) is 13. The molecule has 1 aliphatic rings. The van der Waals surface area contributed by atoms with Gasteiger partial charge in [0.25, 0.3) is 0 Å². The summed E-state index contributed by atoms with van der Waals surface area (Å²) in [7, 11) is 1.59. The van der Waals surface area contributed by atoms with Crippen LogP contribution in [0.4, 0.5) is 5.69 Å². The number of amides is 2. The van der Waals surface area contributed by atoms with E-state index >= 15 is 0 Å². The van der Waals surface area contributed by atoms with Gasteiger partial charge in [0.1, 0.15) is 41.4 Å². The van der Waals surface area contributed by atoms with E-state index in [1.54, 1.807) is 36.1 Å². The van der Waals surface area contributed by atoms with Gasteiger partial charge in [-0.1, -0.05) is 35.0 Å². The Morgan fingerprint density at radius 1 is 1.11 bits per heavy atom. The number of unbranched alkanes of at least 4 members (excludes halogenated alkanes) is 2. The molecule has 1 aliphatic heterocycles. The Bertz CT molecular complexity index is 1530. The Labute approximate surface area is 292 Å². The Morgan fingerprint density at radius 3 is 2.57 bits per heavy atom. The van der Waals surface area contributed by atoms with Gasteiger partial charge in [0.05, 0.1) is 43.4 Å². The van der Waals surface area contributed by atoms with E-state index in [0.29, 0.717) is 36.5 Å². The Balaban J connectivity index is 0.00000600. The van der Waals surface area contributed by atoms with Crippen LogP contribution in [-0.2, 0) is 37.0 Å². The van der Waals surface area contributed by atoms with Crippen LogP contribution in [0.25, 0.3) is 11.3 Å². The second-order valence-corrected chi connectivity index (χ2v) is 10.8. The molecule has 2 amide bonds. The summed E-state index contributed by atoms with van der Waals surface area (Å²) < 4.78 is 13.4. The van der Waals surface area contributed by atoms with Gasteiger partial charge in [-0.05, 0) is 25.0 Å². The molecule has 2 aromatic heterocycles. The molecular weight excluding hydrogens is 627 g/mol. The second-order valence-electron chi connectivity index (χ2n) is 10.8. The van der Waals surface area contributed by atoms with Crippen LogP contribution < -0.4 is 45.3 Å². The van der Waals surface area contributed by atoms with Crippen LogP contribution in [0.3, 0.4) is 0 Å². The van der Waals surface area contributed by atoms with Crippen molar-refractivity contribution in [1.29, 1.82) is 0 Å². The molecule has 18 heteroatoms. The van der Waals surface area contributed by atoms with E-state index in [4.69, 9.17) is 9.47 Å².